The number of aromatic amines is 1. The fourth-order valence-electron chi connectivity index (χ4n) is 3.60. The summed E-state index contributed by atoms with van der Waals surface area (Å²) in [5.74, 6) is 1.26. The molecule has 1 aliphatic rings. The van der Waals surface area contributed by atoms with Crippen molar-refractivity contribution in [1.29, 1.82) is 0 Å². The molecule has 0 spiro atoms. The van der Waals surface area contributed by atoms with Crippen molar-refractivity contribution in [3.8, 4) is 11.5 Å². The molecule has 5 heteroatoms. The van der Waals surface area contributed by atoms with Crippen LogP contribution in [-0.4, -0.2) is 36.1 Å². The Morgan fingerprint density at radius 1 is 1.19 bits per heavy atom. The maximum absolute atomic E-state index is 13.0. The summed E-state index contributed by atoms with van der Waals surface area (Å²) in [5, 5.41) is 1.20. The number of hydrogen-bond acceptors (Lipinski definition) is 3. The normalized spacial score (nSPS) is 13.5. The van der Waals surface area contributed by atoms with Crippen LogP contribution in [0.3, 0.4) is 0 Å². The summed E-state index contributed by atoms with van der Waals surface area (Å²) in [4.78, 5) is 18.4. The first-order valence-electron chi connectivity index (χ1n) is 8.89. The van der Waals surface area contributed by atoms with Gasteiger partial charge in [-0.3, -0.25) is 4.79 Å². The van der Waals surface area contributed by atoms with Crippen LogP contribution < -0.4 is 9.47 Å². The molecule has 0 fully saturated rings. The number of carbonyl (C=O) groups excluding carboxylic acids is 1. The number of fused-ring (bicyclic) bond motifs is 3. The molecule has 26 heavy (non-hydrogen) atoms. The Labute approximate surface area is 152 Å². The number of rotatable bonds is 4. The average molecular weight is 350 g/mol. The molecule has 134 valence electrons. The topological polar surface area (TPSA) is 54.6 Å². The van der Waals surface area contributed by atoms with E-state index in [1.165, 1.54) is 16.6 Å². The van der Waals surface area contributed by atoms with Crippen LogP contribution in [0.15, 0.2) is 42.5 Å². The van der Waals surface area contributed by atoms with Crippen LogP contribution >= 0.6 is 0 Å². The second kappa shape index (κ2) is 6.75. The predicted octanol–water partition coefficient (Wildman–Crippen LogP) is 3.77. The van der Waals surface area contributed by atoms with Gasteiger partial charge in [-0.1, -0.05) is 18.2 Å². The third-order valence-electron chi connectivity index (χ3n) is 4.88. The Balaban J connectivity index is 1.61. The molecule has 0 saturated carbocycles. The summed E-state index contributed by atoms with van der Waals surface area (Å²) in [5.41, 5.74) is 4.21. The fourth-order valence-corrected chi connectivity index (χ4v) is 3.60. The Morgan fingerprint density at radius 3 is 2.85 bits per heavy atom. The van der Waals surface area contributed by atoms with Gasteiger partial charge in [-0.15, -0.1) is 0 Å². The summed E-state index contributed by atoms with van der Waals surface area (Å²) in [6.45, 7) is 3.80. The summed E-state index contributed by atoms with van der Waals surface area (Å²) in [6.07, 6.45) is 0.837. The largest absolute Gasteiger partial charge is 0.493 e. The van der Waals surface area contributed by atoms with E-state index in [4.69, 9.17) is 9.47 Å². The highest BCUT2D eigenvalue weighted by atomic mass is 16.5. The molecule has 1 amide bonds. The molecule has 0 bridgehead atoms. The van der Waals surface area contributed by atoms with Crippen LogP contribution in [0.5, 0.6) is 11.5 Å². The zero-order valence-corrected chi connectivity index (χ0v) is 15.0. The van der Waals surface area contributed by atoms with Gasteiger partial charge in [0, 0.05) is 47.2 Å². The molecule has 1 N–H and O–H groups in total. The number of ether oxygens (including phenoxy) is 2. The van der Waals surface area contributed by atoms with Crippen LogP contribution in [0.25, 0.3) is 10.9 Å². The minimum atomic E-state index is 0.0160. The highest BCUT2D eigenvalue weighted by Crippen LogP contribution is 2.31. The lowest BCUT2D eigenvalue weighted by atomic mass is 10.0. The number of para-hydroxylation sites is 1. The Kier molecular flexibility index (Phi) is 4.29. The lowest BCUT2D eigenvalue weighted by molar-refractivity contribution is 0.0734. The molecule has 3 aromatic rings. The minimum Gasteiger partial charge on any atom is -0.493 e. The van der Waals surface area contributed by atoms with Gasteiger partial charge in [0.15, 0.2) is 11.5 Å². The average Bonchev–Trinajstić information content (AvgIpc) is 3.06. The van der Waals surface area contributed by atoms with E-state index >= 15 is 0 Å². The number of hydrogen-bond donors (Lipinski definition) is 1. The van der Waals surface area contributed by atoms with Crippen molar-refractivity contribution in [2.75, 3.05) is 20.3 Å². The zero-order valence-electron chi connectivity index (χ0n) is 15.0. The highest BCUT2D eigenvalue weighted by molar-refractivity contribution is 5.95. The summed E-state index contributed by atoms with van der Waals surface area (Å²) in [6, 6.07) is 13.6. The molecule has 5 nitrogen and oxygen atoms in total. The summed E-state index contributed by atoms with van der Waals surface area (Å²) in [7, 11) is 1.59. The fraction of sp³-hybridized carbons (Fsp3) is 0.286. The lowest BCUT2D eigenvalue weighted by Crippen LogP contribution is -2.35. The predicted molar refractivity (Wildman–Crippen MR) is 101 cm³/mol. The van der Waals surface area contributed by atoms with Gasteiger partial charge in [-0.2, -0.15) is 0 Å². The van der Waals surface area contributed by atoms with Crippen LogP contribution in [0.2, 0.25) is 0 Å². The van der Waals surface area contributed by atoms with E-state index in [2.05, 4.69) is 17.1 Å². The quantitative estimate of drug-likeness (QED) is 0.779. The first-order valence-corrected chi connectivity index (χ1v) is 8.89. The molecule has 0 saturated heterocycles. The van der Waals surface area contributed by atoms with Crippen LogP contribution in [0.1, 0.15) is 28.5 Å². The van der Waals surface area contributed by atoms with Gasteiger partial charge in [-0.25, -0.2) is 0 Å². The number of nitrogens with one attached hydrogen (secondary N) is 1. The Hall–Kier alpha value is -2.95. The number of nitrogens with zero attached hydrogens (tertiary/aromatic N) is 1. The van der Waals surface area contributed by atoms with Gasteiger partial charge in [0.25, 0.3) is 5.91 Å². The van der Waals surface area contributed by atoms with E-state index in [-0.39, 0.29) is 5.91 Å². The number of benzene rings is 2. The van der Waals surface area contributed by atoms with Gasteiger partial charge in [-0.05, 0) is 31.2 Å². The van der Waals surface area contributed by atoms with Crippen molar-refractivity contribution in [2.24, 2.45) is 0 Å². The van der Waals surface area contributed by atoms with Crippen molar-refractivity contribution in [3.63, 3.8) is 0 Å². The molecule has 0 radical (unpaired) electrons. The van der Waals surface area contributed by atoms with Crippen LogP contribution in [0.4, 0.5) is 0 Å². The molecule has 1 aromatic heterocycles. The number of H-pyrrole nitrogens is 1. The number of carbonyl (C=O) groups is 1. The zero-order chi connectivity index (χ0) is 18.1. The summed E-state index contributed by atoms with van der Waals surface area (Å²) < 4.78 is 10.9. The Bertz CT molecular complexity index is 961. The van der Waals surface area contributed by atoms with E-state index in [1.807, 2.05) is 24.0 Å². The van der Waals surface area contributed by atoms with Crippen LogP contribution in [-0.2, 0) is 13.0 Å². The molecule has 2 heterocycles. The second-order valence-electron chi connectivity index (χ2n) is 6.40. The third-order valence-corrected chi connectivity index (χ3v) is 4.88. The maximum atomic E-state index is 13.0. The molecule has 0 aliphatic carbocycles. The molecule has 2 aromatic carbocycles. The first-order chi connectivity index (χ1) is 12.7. The standard InChI is InChI=1S/C21H22N2O3/c1-3-26-19-9-8-14(12-20(19)25-2)21(24)23-11-10-18-16(13-23)15-6-4-5-7-17(15)22-18/h4-9,12,22H,3,10-11,13H2,1-2H3. The number of methoxy groups -OCH3 is 1. The smallest absolute Gasteiger partial charge is 0.254 e. The number of aromatic nitrogens is 1. The van der Waals surface area contributed by atoms with Crippen molar-refractivity contribution in [1.82, 2.24) is 9.88 Å². The lowest BCUT2D eigenvalue weighted by Gasteiger charge is -2.27. The van der Waals surface area contributed by atoms with E-state index in [0.29, 0.717) is 36.8 Å². The van der Waals surface area contributed by atoms with E-state index in [0.717, 1.165) is 11.9 Å². The molecule has 4 rings (SSSR count). The van der Waals surface area contributed by atoms with Gasteiger partial charge < -0.3 is 19.4 Å². The van der Waals surface area contributed by atoms with Gasteiger partial charge in [0.2, 0.25) is 0 Å². The maximum Gasteiger partial charge on any atom is 0.254 e. The van der Waals surface area contributed by atoms with Crippen molar-refractivity contribution >= 4 is 16.8 Å². The second-order valence-corrected chi connectivity index (χ2v) is 6.40. The van der Waals surface area contributed by atoms with E-state index in [1.54, 1.807) is 25.3 Å². The molecular formula is C21H22N2O3. The molecule has 0 unspecified atom stereocenters. The van der Waals surface area contributed by atoms with Crippen molar-refractivity contribution in [2.45, 2.75) is 19.9 Å². The minimum absolute atomic E-state index is 0.0160. The highest BCUT2D eigenvalue weighted by Gasteiger charge is 2.25. The molecule has 0 atom stereocenters. The monoisotopic (exact) mass is 350 g/mol. The van der Waals surface area contributed by atoms with Gasteiger partial charge in [0.05, 0.1) is 13.7 Å². The SMILES string of the molecule is CCOc1ccc(C(=O)N2CCc3[nH]c4ccccc4c3C2)cc1OC. The first kappa shape index (κ1) is 16.5. The summed E-state index contributed by atoms with van der Waals surface area (Å²) >= 11 is 0. The van der Waals surface area contributed by atoms with Crippen molar-refractivity contribution in [3.05, 3.63) is 59.3 Å². The number of amides is 1. The van der Waals surface area contributed by atoms with Gasteiger partial charge in [0.1, 0.15) is 0 Å². The van der Waals surface area contributed by atoms with Crippen molar-refractivity contribution < 1.29 is 14.3 Å². The van der Waals surface area contributed by atoms with Gasteiger partial charge >= 0.3 is 0 Å². The van der Waals surface area contributed by atoms with E-state index < -0.39 is 0 Å². The molecule has 1 aliphatic heterocycles. The molecular weight excluding hydrogens is 328 g/mol. The third kappa shape index (κ3) is 2.79. The van der Waals surface area contributed by atoms with Crippen LogP contribution in [0, 0.1) is 0 Å². The Morgan fingerprint density at radius 2 is 2.04 bits per heavy atom. The van der Waals surface area contributed by atoms with E-state index in [9.17, 15) is 4.79 Å².